The summed E-state index contributed by atoms with van der Waals surface area (Å²) in [6.45, 7) is 0. The first-order chi connectivity index (χ1) is 12.5. The Hall–Kier alpha value is -0.900. The van der Waals surface area contributed by atoms with Gasteiger partial charge in [0.1, 0.15) is 10.7 Å². The first kappa shape index (κ1) is 19.9. The van der Waals surface area contributed by atoms with Crippen LogP contribution in [0.2, 0.25) is 5.15 Å². The summed E-state index contributed by atoms with van der Waals surface area (Å²) in [6, 6.07) is 9.31. The van der Waals surface area contributed by atoms with E-state index in [0.717, 1.165) is 11.4 Å². The maximum absolute atomic E-state index is 13.4. The molecule has 1 atom stereocenters. The third kappa shape index (κ3) is 3.85. The second-order valence-electron chi connectivity index (χ2n) is 5.18. The minimum absolute atomic E-state index is 0.0379. The van der Waals surface area contributed by atoms with Crippen LogP contribution in [0.15, 0.2) is 30.3 Å². The molecule has 0 aliphatic carbocycles. The van der Waals surface area contributed by atoms with E-state index >= 15 is 0 Å². The zero-order valence-electron chi connectivity index (χ0n) is 13.7. The van der Waals surface area contributed by atoms with E-state index in [9.17, 15) is 8.78 Å². The fraction of sp³-hybridized carbons (Fsp3) is 0.200. The lowest BCUT2D eigenvalue weighted by atomic mass is 10.2. The Labute approximate surface area is 173 Å². The van der Waals surface area contributed by atoms with Crippen LogP contribution < -0.4 is 9.62 Å². The van der Waals surface area contributed by atoms with Gasteiger partial charge in [-0.2, -0.15) is 0 Å². The maximum atomic E-state index is 13.4. The van der Waals surface area contributed by atoms with Gasteiger partial charge in [0.15, 0.2) is 11.5 Å². The molecule has 0 spiro atoms. The summed E-state index contributed by atoms with van der Waals surface area (Å²) < 4.78 is 30.1. The molecule has 0 radical (unpaired) electrons. The van der Waals surface area contributed by atoms with Crippen LogP contribution in [0.25, 0.3) is 11.2 Å². The van der Waals surface area contributed by atoms with E-state index in [2.05, 4.69) is 15.3 Å². The average molecular weight is 528 g/mol. The molecule has 1 aromatic carbocycles. The number of imidazole rings is 1. The molecule has 26 heavy (non-hydrogen) atoms. The summed E-state index contributed by atoms with van der Waals surface area (Å²) in [4.78, 5) is 8.33. The fourth-order valence-corrected chi connectivity index (χ4v) is 4.90. The SMILES string of the molecule is CSN(C)c1ccccc1Nc1cc(Cl)nc2c1nc(C(F)F)n2PI. The van der Waals surface area contributed by atoms with E-state index in [0.29, 0.717) is 16.9 Å². The van der Waals surface area contributed by atoms with Gasteiger partial charge in [-0.1, -0.05) is 35.7 Å². The van der Waals surface area contributed by atoms with E-state index in [1.807, 2.05) is 63.9 Å². The van der Waals surface area contributed by atoms with Crippen molar-refractivity contribution in [1.82, 2.24) is 14.3 Å². The number of nitrogens with one attached hydrogen (secondary N) is 1. The van der Waals surface area contributed by atoms with Crippen LogP contribution in [0.5, 0.6) is 0 Å². The van der Waals surface area contributed by atoms with Gasteiger partial charge in [-0.3, -0.25) is 4.34 Å². The fourth-order valence-electron chi connectivity index (χ4n) is 2.46. The molecule has 2 aromatic heterocycles. The molecule has 0 aliphatic heterocycles. The van der Waals surface area contributed by atoms with Gasteiger partial charge in [-0.15, -0.1) is 0 Å². The molecule has 1 N–H and O–H groups in total. The number of alkyl halides is 2. The van der Waals surface area contributed by atoms with Crippen LogP contribution in [0.4, 0.5) is 25.8 Å². The summed E-state index contributed by atoms with van der Waals surface area (Å²) in [6.07, 6.45) is -0.681. The number of fused-ring (bicyclic) bond motifs is 1. The summed E-state index contributed by atoms with van der Waals surface area (Å²) in [5.41, 5.74) is 3.02. The number of benzene rings is 1. The van der Waals surface area contributed by atoms with Gasteiger partial charge < -0.3 is 9.62 Å². The Kier molecular flexibility index (Phi) is 6.42. The number of anilines is 3. The Morgan fingerprint density at radius 1 is 1.31 bits per heavy atom. The number of halogens is 4. The van der Waals surface area contributed by atoms with Gasteiger partial charge in [0.2, 0.25) is 0 Å². The predicted octanol–water partition coefficient (Wildman–Crippen LogP) is 6.27. The molecule has 138 valence electrons. The van der Waals surface area contributed by atoms with Gasteiger partial charge in [0, 0.05) is 19.4 Å². The highest BCUT2D eigenvalue weighted by atomic mass is 127. The van der Waals surface area contributed by atoms with Crippen LogP contribution in [0.1, 0.15) is 12.2 Å². The highest BCUT2D eigenvalue weighted by molar-refractivity contribution is 14.2. The van der Waals surface area contributed by atoms with Crippen molar-refractivity contribution >= 4 is 80.2 Å². The molecule has 2 heterocycles. The largest absolute Gasteiger partial charge is 0.352 e. The molecule has 0 aliphatic rings. The quantitative estimate of drug-likeness (QED) is 0.177. The van der Waals surface area contributed by atoms with Crippen molar-refractivity contribution < 1.29 is 8.78 Å². The predicted molar refractivity (Wildman–Crippen MR) is 117 cm³/mol. The van der Waals surface area contributed by atoms with Crippen LogP contribution >= 0.6 is 52.0 Å². The third-order valence-electron chi connectivity index (χ3n) is 3.68. The number of nitrogens with zero attached hydrogens (tertiary/aromatic N) is 4. The standard InChI is InChI=1S/C15H14ClF2IN5PS/c1-23(26-2)10-6-4-3-5-8(10)20-9-7-11(16)21-14-12(9)22-15(13(17)18)24(14)25-19/h3-7,13,25H,1-2H3,(H,20,21). The van der Waals surface area contributed by atoms with Gasteiger partial charge in [-0.25, -0.2) is 18.7 Å². The third-order valence-corrected chi connectivity index (χ3v) is 6.67. The molecule has 3 rings (SSSR count). The van der Waals surface area contributed by atoms with Crippen LogP contribution in [0.3, 0.4) is 0 Å². The Morgan fingerprint density at radius 3 is 2.69 bits per heavy atom. The van der Waals surface area contributed by atoms with Crippen molar-refractivity contribution in [2.75, 3.05) is 22.9 Å². The molecule has 0 amide bonds. The lowest BCUT2D eigenvalue weighted by Crippen LogP contribution is -2.07. The van der Waals surface area contributed by atoms with E-state index in [-0.39, 0.29) is 17.4 Å². The van der Waals surface area contributed by atoms with Gasteiger partial charge in [-0.05, 0) is 34.2 Å². The second kappa shape index (κ2) is 8.41. The maximum Gasteiger partial charge on any atom is 0.295 e. The molecule has 1 unspecified atom stereocenters. The second-order valence-corrected chi connectivity index (χ2v) is 8.54. The summed E-state index contributed by atoms with van der Waals surface area (Å²) in [5.74, 6) is -0.305. The number of aromatic nitrogens is 3. The molecular formula is C15H14ClF2IN5PS. The normalized spacial score (nSPS) is 11.8. The molecule has 0 saturated heterocycles. The van der Waals surface area contributed by atoms with E-state index in [4.69, 9.17) is 11.6 Å². The minimum Gasteiger partial charge on any atom is -0.352 e. The highest BCUT2D eigenvalue weighted by Crippen LogP contribution is 2.39. The lowest BCUT2D eigenvalue weighted by molar-refractivity contribution is 0.140. The highest BCUT2D eigenvalue weighted by Gasteiger charge is 2.22. The van der Waals surface area contributed by atoms with Crippen molar-refractivity contribution in [3.05, 3.63) is 41.3 Å². The summed E-state index contributed by atoms with van der Waals surface area (Å²) in [5, 5.41) is 3.49. The minimum atomic E-state index is -2.69. The topological polar surface area (TPSA) is 46.0 Å². The molecular weight excluding hydrogens is 514 g/mol. The number of hydrogen-bond donors (Lipinski definition) is 1. The zero-order chi connectivity index (χ0) is 18.8. The Bertz CT molecular complexity index is 942. The average Bonchev–Trinajstić information content (AvgIpc) is 3.00. The monoisotopic (exact) mass is 527 g/mol. The van der Waals surface area contributed by atoms with Crippen molar-refractivity contribution in [1.29, 1.82) is 0 Å². The summed E-state index contributed by atoms with van der Waals surface area (Å²) in [7, 11) is 1.95. The molecule has 11 heteroatoms. The number of para-hydroxylation sites is 2. The molecule has 3 aromatic rings. The van der Waals surface area contributed by atoms with Crippen LogP contribution in [-0.4, -0.2) is 27.6 Å². The van der Waals surface area contributed by atoms with E-state index in [1.165, 1.54) is 4.34 Å². The van der Waals surface area contributed by atoms with E-state index < -0.39 is 6.43 Å². The molecule has 0 saturated carbocycles. The Balaban J connectivity index is 2.15. The zero-order valence-corrected chi connectivity index (χ0v) is 18.4. The Morgan fingerprint density at radius 2 is 2.04 bits per heavy atom. The number of rotatable bonds is 6. The van der Waals surface area contributed by atoms with Crippen molar-refractivity contribution in [3.8, 4) is 0 Å². The smallest absolute Gasteiger partial charge is 0.295 e. The van der Waals surface area contributed by atoms with Gasteiger partial charge in [0.05, 0.1) is 23.4 Å². The van der Waals surface area contributed by atoms with Crippen molar-refractivity contribution in [3.63, 3.8) is 0 Å². The first-order valence-corrected chi connectivity index (χ1v) is 13.0. The van der Waals surface area contributed by atoms with Crippen LogP contribution in [-0.2, 0) is 0 Å². The lowest BCUT2D eigenvalue weighted by Gasteiger charge is -2.20. The number of pyridine rings is 1. The van der Waals surface area contributed by atoms with E-state index in [1.54, 1.807) is 18.0 Å². The van der Waals surface area contributed by atoms with Crippen molar-refractivity contribution in [2.45, 2.75) is 6.43 Å². The summed E-state index contributed by atoms with van der Waals surface area (Å²) >= 11 is 9.73. The van der Waals surface area contributed by atoms with Crippen LogP contribution in [0, 0.1) is 0 Å². The van der Waals surface area contributed by atoms with Gasteiger partial charge >= 0.3 is 0 Å². The van der Waals surface area contributed by atoms with Gasteiger partial charge in [0.25, 0.3) is 6.43 Å². The molecule has 5 nitrogen and oxygen atoms in total. The van der Waals surface area contributed by atoms with Crippen molar-refractivity contribution in [2.24, 2.45) is 0 Å². The molecule has 0 fully saturated rings. The molecule has 0 bridgehead atoms. The first-order valence-electron chi connectivity index (χ1n) is 7.33. The number of hydrogen-bond acceptors (Lipinski definition) is 5.